The molecule has 0 spiro atoms. The zero-order chi connectivity index (χ0) is 25.5. The van der Waals surface area contributed by atoms with Crippen molar-refractivity contribution in [3.63, 3.8) is 0 Å². The number of urea groups is 1. The van der Waals surface area contributed by atoms with Crippen LogP contribution in [0.1, 0.15) is 41.5 Å². The number of rotatable bonds is 7. The molecule has 0 aromatic heterocycles. The number of carbonyl (C=O) groups is 4. The van der Waals surface area contributed by atoms with Crippen molar-refractivity contribution in [3.05, 3.63) is 59.4 Å². The van der Waals surface area contributed by atoms with Gasteiger partial charge in [0.25, 0.3) is 5.91 Å². The van der Waals surface area contributed by atoms with Crippen molar-refractivity contribution in [1.29, 1.82) is 0 Å². The number of nitrogens with one attached hydrogen (secondary N) is 2. The van der Waals surface area contributed by atoms with Crippen LogP contribution in [0.4, 0.5) is 20.6 Å². The molecule has 2 aromatic carbocycles. The highest BCUT2D eigenvalue weighted by molar-refractivity contribution is 6.01. The summed E-state index contributed by atoms with van der Waals surface area (Å²) in [5, 5.41) is 5.28. The number of Topliss-reactive ketones (excluding diaryl/α,β-unsaturated/α-hetero) is 1. The SMILES string of the molecule is CC(=O)c1ccc(N2CCN(C(=O)COC(=O)c3ccccc3NC(=O)NC(C)C)CC2)c(F)c1. The number of benzene rings is 2. The second-order valence-corrected chi connectivity index (χ2v) is 8.47. The van der Waals surface area contributed by atoms with Gasteiger partial charge in [-0.15, -0.1) is 0 Å². The van der Waals surface area contributed by atoms with Crippen molar-refractivity contribution >= 4 is 35.1 Å². The fourth-order valence-corrected chi connectivity index (χ4v) is 3.67. The fraction of sp³-hybridized carbons (Fsp3) is 0.360. The van der Waals surface area contributed by atoms with Crippen LogP contribution < -0.4 is 15.5 Å². The minimum atomic E-state index is -0.731. The molecule has 186 valence electrons. The van der Waals surface area contributed by atoms with Gasteiger partial charge in [-0.25, -0.2) is 14.0 Å². The summed E-state index contributed by atoms with van der Waals surface area (Å²) in [5.74, 6) is -1.79. The standard InChI is InChI=1S/C25H29FN4O5/c1-16(2)27-25(34)28-21-7-5-4-6-19(21)24(33)35-15-23(32)30-12-10-29(11-13-30)22-9-8-18(17(3)31)14-20(22)26/h4-9,14,16H,10-13,15H2,1-3H3,(H2,27,28,34). The Labute approximate surface area is 203 Å². The predicted octanol–water partition coefficient (Wildman–Crippen LogP) is 3.06. The highest BCUT2D eigenvalue weighted by atomic mass is 19.1. The van der Waals surface area contributed by atoms with Crippen LogP contribution in [0.15, 0.2) is 42.5 Å². The Morgan fingerprint density at radius 1 is 1.03 bits per heavy atom. The fourth-order valence-electron chi connectivity index (χ4n) is 3.67. The number of amides is 3. The number of ketones is 1. The average Bonchev–Trinajstić information content (AvgIpc) is 2.82. The zero-order valence-electron chi connectivity index (χ0n) is 20.0. The first kappa shape index (κ1) is 25.7. The summed E-state index contributed by atoms with van der Waals surface area (Å²) < 4.78 is 19.6. The topological polar surface area (TPSA) is 108 Å². The second-order valence-electron chi connectivity index (χ2n) is 8.47. The van der Waals surface area contributed by atoms with E-state index in [9.17, 15) is 23.6 Å². The van der Waals surface area contributed by atoms with Crippen LogP contribution in [-0.4, -0.2) is 67.4 Å². The molecule has 1 aliphatic rings. The van der Waals surface area contributed by atoms with Crippen LogP contribution in [0, 0.1) is 5.82 Å². The van der Waals surface area contributed by atoms with Gasteiger partial charge in [-0.05, 0) is 51.1 Å². The molecule has 3 rings (SSSR count). The summed E-state index contributed by atoms with van der Waals surface area (Å²) in [6.07, 6.45) is 0. The van der Waals surface area contributed by atoms with Crippen LogP contribution in [-0.2, 0) is 9.53 Å². The Bertz CT molecular complexity index is 1110. The number of anilines is 2. The third-order valence-corrected chi connectivity index (χ3v) is 5.47. The number of carbonyl (C=O) groups excluding carboxylic acids is 4. The molecule has 10 heteroatoms. The maximum atomic E-state index is 14.4. The highest BCUT2D eigenvalue weighted by Crippen LogP contribution is 2.22. The van der Waals surface area contributed by atoms with E-state index in [2.05, 4.69) is 10.6 Å². The van der Waals surface area contributed by atoms with Gasteiger partial charge >= 0.3 is 12.0 Å². The second kappa shape index (κ2) is 11.5. The Morgan fingerprint density at radius 3 is 2.34 bits per heavy atom. The van der Waals surface area contributed by atoms with Crippen molar-refractivity contribution < 1.29 is 28.3 Å². The van der Waals surface area contributed by atoms with Crippen LogP contribution in [0.3, 0.4) is 0 Å². The third-order valence-electron chi connectivity index (χ3n) is 5.47. The van der Waals surface area contributed by atoms with Gasteiger partial charge in [0.1, 0.15) is 5.82 Å². The molecule has 2 N–H and O–H groups in total. The lowest BCUT2D eigenvalue weighted by molar-refractivity contribution is -0.134. The lowest BCUT2D eigenvalue weighted by Crippen LogP contribution is -2.50. The number of hydrogen-bond donors (Lipinski definition) is 2. The Morgan fingerprint density at radius 2 is 1.71 bits per heavy atom. The molecule has 0 radical (unpaired) electrons. The summed E-state index contributed by atoms with van der Waals surface area (Å²) in [4.78, 5) is 51.9. The first-order chi connectivity index (χ1) is 16.7. The minimum absolute atomic E-state index is 0.0800. The summed E-state index contributed by atoms with van der Waals surface area (Å²) >= 11 is 0. The summed E-state index contributed by atoms with van der Waals surface area (Å²) in [5.41, 5.74) is 1.08. The number of nitrogens with zero attached hydrogens (tertiary/aromatic N) is 2. The van der Waals surface area contributed by atoms with Crippen LogP contribution in [0.5, 0.6) is 0 Å². The van der Waals surface area contributed by atoms with Crippen molar-refractivity contribution in [2.75, 3.05) is 43.0 Å². The number of piperazine rings is 1. The first-order valence-corrected chi connectivity index (χ1v) is 11.3. The van der Waals surface area contributed by atoms with Crippen LogP contribution >= 0.6 is 0 Å². The first-order valence-electron chi connectivity index (χ1n) is 11.3. The molecule has 0 bridgehead atoms. The molecule has 0 aliphatic carbocycles. The maximum Gasteiger partial charge on any atom is 0.340 e. The van der Waals surface area contributed by atoms with Gasteiger partial charge in [-0.2, -0.15) is 0 Å². The van der Waals surface area contributed by atoms with Gasteiger partial charge in [0.2, 0.25) is 0 Å². The quantitative estimate of drug-likeness (QED) is 0.462. The summed E-state index contributed by atoms with van der Waals surface area (Å²) in [7, 11) is 0. The van der Waals surface area contributed by atoms with E-state index in [1.165, 1.54) is 19.1 Å². The lowest BCUT2D eigenvalue weighted by Gasteiger charge is -2.36. The molecule has 0 saturated carbocycles. The Balaban J connectivity index is 1.53. The molecular weight excluding hydrogens is 455 g/mol. The van der Waals surface area contributed by atoms with Crippen molar-refractivity contribution in [1.82, 2.24) is 10.2 Å². The van der Waals surface area contributed by atoms with Gasteiger partial charge in [-0.1, -0.05) is 12.1 Å². The van der Waals surface area contributed by atoms with Crippen molar-refractivity contribution in [3.8, 4) is 0 Å². The van der Waals surface area contributed by atoms with Crippen molar-refractivity contribution in [2.24, 2.45) is 0 Å². The average molecular weight is 485 g/mol. The number of para-hydroxylation sites is 1. The molecular formula is C25H29FN4O5. The van der Waals surface area contributed by atoms with Crippen LogP contribution in [0.25, 0.3) is 0 Å². The monoisotopic (exact) mass is 484 g/mol. The van der Waals surface area contributed by atoms with Gasteiger partial charge in [-0.3, -0.25) is 9.59 Å². The molecule has 3 amide bonds. The number of halogens is 1. The summed E-state index contributed by atoms with van der Waals surface area (Å²) in [6.45, 7) is 6.01. The maximum absolute atomic E-state index is 14.4. The van der Waals surface area contributed by atoms with E-state index in [-0.39, 0.29) is 29.0 Å². The molecule has 0 unspecified atom stereocenters. The molecule has 2 aromatic rings. The zero-order valence-corrected chi connectivity index (χ0v) is 20.0. The molecule has 35 heavy (non-hydrogen) atoms. The van der Waals surface area contributed by atoms with Gasteiger partial charge in [0, 0.05) is 37.8 Å². The molecule has 1 aliphatic heterocycles. The van der Waals surface area contributed by atoms with E-state index >= 15 is 0 Å². The normalized spacial score (nSPS) is 13.4. The van der Waals surface area contributed by atoms with Crippen molar-refractivity contribution in [2.45, 2.75) is 26.8 Å². The smallest absolute Gasteiger partial charge is 0.340 e. The molecule has 1 fully saturated rings. The predicted molar refractivity (Wildman–Crippen MR) is 129 cm³/mol. The number of ether oxygens (including phenoxy) is 1. The van der Waals surface area contributed by atoms with E-state index in [0.717, 1.165) is 0 Å². The van der Waals surface area contributed by atoms with Crippen LogP contribution in [0.2, 0.25) is 0 Å². The largest absolute Gasteiger partial charge is 0.452 e. The minimum Gasteiger partial charge on any atom is -0.452 e. The number of hydrogen-bond acceptors (Lipinski definition) is 6. The van der Waals surface area contributed by atoms with E-state index in [1.54, 1.807) is 40.1 Å². The van der Waals surface area contributed by atoms with Gasteiger partial charge in [0.15, 0.2) is 12.4 Å². The van der Waals surface area contributed by atoms with E-state index in [1.807, 2.05) is 13.8 Å². The Hall–Kier alpha value is -3.95. The van der Waals surface area contributed by atoms with Gasteiger partial charge in [0.05, 0.1) is 16.9 Å². The molecule has 1 saturated heterocycles. The van der Waals surface area contributed by atoms with E-state index in [4.69, 9.17) is 4.74 Å². The number of esters is 1. The third kappa shape index (κ3) is 6.78. The summed E-state index contributed by atoms with van der Waals surface area (Å²) in [6, 6.07) is 10.2. The molecule has 9 nitrogen and oxygen atoms in total. The Kier molecular flexibility index (Phi) is 8.40. The van der Waals surface area contributed by atoms with Gasteiger partial charge < -0.3 is 25.2 Å². The van der Waals surface area contributed by atoms with E-state index < -0.39 is 24.4 Å². The molecule has 1 heterocycles. The van der Waals surface area contributed by atoms with E-state index in [0.29, 0.717) is 37.4 Å². The lowest BCUT2D eigenvalue weighted by atomic mass is 10.1. The molecule has 0 atom stereocenters. The highest BCUT2D eigenvalue weighted by Gasteiger charge is 2.24.